The zero-order chi connectivity index (χ0) is 13.1. The highest BCUT2D eigenvalue weighted by Crippen LogP contribution is 2.29. The van der Waals surface area contributed by atoms with Crippen molar-refractivity contribution in [1.29, 1.82) is 0 Å². The largest absolute Gasteiger partial charge is 0.490 e. The van der Waals surface area contributed by atoms with Gasteiger partial charge in [0.15, 0.2) is 0 Å². The third-order valence-corrected chi connectivity index (χ3v) is 4.40. The van der Waals surface area contributed by atoms with Crippen LogP contribution in [-0.2, 0) is 0 Å². The van der Waals surface area contributed by atoms with Gasteiger partial charge in [-0.15, -0.1) is 0 Å². The van der Waals surface area contributed by atoms with Crippen LogP contribution < -0.4 is 10.1 Å². The van der Waals surface area contributed by atoms with E-state index in [2.05, 4.69) is 5.32 Å². The van der Waals surface area contributed by atoms with Crippen molar-refractivity contribution in [2.75, 3.05) is 6.54 Å². The lowest BCUT2D eigenvalue weighted by atomic mass is 9.93. The third-order valence-electron chi connectivity index (χ3n) is 4.17. The number of halogens is 1. The molecule has 0 radical (unpaired) electrons. The SMILES string of the molecule is Clc1cccc(OC2CCC(NCC3CC3)CC2)c1. The number of nitrogens with one attached hydrogen (secondary N) is 1. The molecule has 1 N–H and O–H groups in total. The number of ether oxygens (including phenoxy) is 1. The lowest BCUT2D eigenvalue weighted by molar-refractivity contribution is 0.139. The van der Waals surface area contributed by atoms with Gasteiger partial charge in [0.05, 0.1) is 6.10 Å². The molecule has 2 fully saturated rings. The summed E-state index contributed by atoms with van der Waals surface area (Å²) in [7, 11) is 0. The van der Waals surface area contributed by atoms with Crippen LogP contribution in [0.5, 0.6) is 5.75 Å². The Hall–Kier alpha value is -0.730. The Kier molecular flexibility index (Phi) is 4.29. The predicted octanol–water partition coefficient (Wildman–Crippen LogP) is 4.03. The summed E-state index contributed by atoms with van der Waals surface area (Å²) in [6.45, 7) is 1.23. The van der Waals surface area contributed by atoms with Crippen molar-refractivity contribution in [3.05, 3.63) is 29.3 Å². The van der Waals surface area contributed by atoms with Gasteiger partial charge < -0.3 is 10.1 Å². The van der Waals surface area contributed by atoms with Gasteiger partial charge in [-0.3, -0.25) is 0 Å². The summed E-state index contributed by atoms with van der Waals surface area (Å²) in [6.07, 6.45) is 7.98. The first-order valence-electron chi connectivity index (χ1n) is 7.45. The smallest absolute Gasteiger partial charge is 0.121 e. The minimum Gasteiger partial charge on any atom is -0.490 e. The van der Waals surface area contributed by atoms with Gasteiger partial charge in [-0.2, -0.15) is 0 Å². The predicted molar refractivity (Wildman–Crippen MR) is 78.9 cm³/mol. The maximum Gasteiger partial charge on any atom is 0.121 e. The Balaban J connectivity index is 1.42. The molecule has 2 aliphatic rings. The average Bonchev–Trinajstić information content (AvgIpc) is 3.22. The first-order chi connectivity index (χ1) is 9.29. The second kappa shape index (κ2) is 6.15. The lowest BCUT2D eigenvalue weighted by Gasteiger charge is -2.29. The van der Waals surface area contributed by atoms with E-state index in [1.807, 2.05) is 24.3 Å². The molecule has 104 valence electrons. The van der Waals surface area contributed by atoms with Crippen molar-refractivity contribution in [1.82, 2.24) is 5.32 Å². The Morgan fingerprint density at radius 1 is 1.11 bits per heavy atom. The van der Waals surface area contributed by atoms with Crippen molar-refractivity contribution in [2.24, 2.45) is 5.92 Å². The van der Waals surface area contributed by atoms with E-state index in [-0.39, 0.29) is 0 Å². The second-order valence-corrected chi connectivity index (χ2v) is 6.34. The molecule has 3 rings (SSSR count). The molecule has 0 amide bonds. The van der Waals surface area contributed by atoms with Crippen LogP contribution in [0.1, 0.15) is 38.5 Å². The molecule has 0 saturated heterocycles. The van der Waals surface area contributed by atoms with Gasteiger partial charge in [-0.25, -0.2) is 0 Å². The first kappa shape index (κ1) is 13.3. The average molecular weight is 280 g/mol. The Bertz CT molecular complexity index is 411. The molecule has 0 aliphatic heterocycles. The fraction of sp³-hybridized carbons (Fsp3) is 0.625. The fourth-order valence-corrected chi connectivity index (χ4v) is 2.95. The molecule has 2 nitrogen and oxygen atoms in total. The highest BCUT2D eigenvalue weighted by atomic mass is 35.5. The molecule has 0 spiro atoms. The molecule has 2 saturated carbocycles. The molecule has 3 heteroatoms. The summed E-state index contributed by atoms with van der Waals surface area (Å²) in [6, 6.07) is 8.43. The topological polar surface area (TPSA) is 21.3 Å². The van der Waals surface area contributed by atoms with Gasteiger partial charge in [0.1, 0.15) is 5.75 Å². The molecule has 0 heterocycles. The monoisotopic (exact) mass is 279 g/mol. The number of benzene rings is 1. The van der Waals surface area contributed by atoms with Crippen molar-refractivity contribution in [3.63, 3.8) is 0 Å². The van der Waals surface area contributed by atoms with Crippen molar-refractivity contribution >= 4 is 11.6 Å². The zero-order valence-electron chi connectivity index (χ0n) is 11.3. The van der Waals surface area contributed by atoms with E-state index in [1.165, 1.54) is 32.2 Å². The summed E-state index contributed by atoms with van der Waals surface area (Å²) in [5, 5.41) is 4.45. The second-order valence-electron chi connectivity index (χ2n) is 5.90. The van der Waals surface area contributed by atoms with E-state index < -0.39 is 0 Å². The maximum atomic E-state index is 6.01. The summed E-state index contributed by atoms with van der Waals surface area (Å²) in [4.78, 5) is 0. The van der Waals surface area contributed by atoms with E-state index in [9.17, 15) is 0 Å². The molecule has 1 aromatic rings. The van der Waals surface area contributed by atoms with Crippen LogP contribution in [0.25, 0.3) is 0 Å². The van der Waals surface area contributed by atoms with Crippen LogP contribution in [-0.4, -0.2) is 18.7 Å². The van der Waals surface area contributed by atoms with Crippen LogP contribution in [0.3, 0.4) is 0 Å². The van der Waals surface area contributed by atoms with Crippen LogP contribution >= 0.6 is 11.6 Å². The molecule has 19 heavy (non-hydrogen) atoms. The molecule has 0 atom stereocenters. The lowest BCUT2D eigenvalue weighted by Crippen LogP contribution is -2.37. The minimum atomic E-state index is 0.359. The van der Waals surface area contributed by atoms with E-state index in [0.717, 1.165) is 29.5 Å². The zero-order valence-corrected chi connectivity index (χ0v) is 12.0. The highest BCUT2D eigenvalue weighted by molar-refractivity contribution is 6.30. The molecule has 0 aromatic heterocycles. The van der Waals surface area contributed by atoms with Crippen molar-refractivity contribution < 1.29 is 4.74 Å². The summed E-state index contributed by atoms with van der Waals surface area (Å²) < 4.78 is 6.01. The Morgan fingerprint density at radius 2 is 1.89 bits per heavy atom. The van der Waals surface area contributed by atoms with E-state index in [0.29, 0.717) is 12.1 Å². The molecule has 0 bridgehead atoms. The molecular formula is C16H22ClNO. The third kappa shape index (κ3) is 4.12. The fourth-order valence-electron chi connectivity index (χ4n) is 2.77. The first-order valence-corrected chi connectivity index (χ1v) is 7.83. The van der Waals surface area contributed by atoms with Crippen LogP contribution in [0, 0.1) is 5.92 Å². The van der Waals surface area contributed by atoms with Gasteiger partial charge in [0.2, 0.25) is 0 Å². The van der Waals surface area contributed by atoms with Crippen LogP contribution in [0.15, 0.2) is 24.3 Å². The number of hydrogen-bond donors (Lipinski definition) is 1. The maximum absolute atomic E-state index is 6.01. The normalized spacial score (nSPS) is 27.2. The van der Waals surface area contributed by atoms with Crippen LogP contribution in [0.4, 0.5) is 0 Å². The molecule has 2 aliphatic carbocycles. The summed E-state index contributed by atoms with van der Waals surface area (Å²) in [5.41, 5.74) is 0. The number of hydrogen-bond acceptors (Lipinski definition) is 2. The standard InChI is InChI=1S/C16H22ClNO/c17-13-2-1-3-16(10-13)19-15-8-6-14(7-9-15)18-11-12-4-5-12/h1-3,10,12,14-15,18H,4-9,11H2. The Morgan fingerprint density at radius 3 is 2.58 bits per heavy atom. The summed E-state index contributed by atoms with van der Waals surface area (Å²) in [5.74, 6) is 1.88. The highest BCUT2D eigenvalue weighted by Gasteiger charge is 2.25. The van der Waals surface area contributed by atoms with E-state index >= 15 is 0 Å². The molecule has 0 unspecified atom stereocenters. The number of rotatable bonds is 5. The van der Waals surface area contributed by atoms with Crippen LogP contribution in [0.2, 0.25) is 5.02 Å². The van der Waals surface area contributed by atoms with Gasteiger partial charge in [-0.1, -0.05) is 17.7 Å². The summed E-state index contributed by atoms with van der Waals surface area (Å²) >= 11 is 5.97. The van der Waals surface area contributed by atoms with E-state index in [4.69, 9.17) is 16.3 Å². The van der Waals surface area contributed by atoms with Gasteiger partial charge in [0, 0.05) is 11.1 Å². The van der Waals surface area contributed by atoms with Crippen molar-refractivity contribution in [2.45, 2.75) is 50.7 Å². The quantitative estimate of drug-likeness (QED) is 0.879. The van der Waals surface area contributed by atoms with Crippen molar-refractivity contribution in [3.8, 4) is 5.75 Å². The molecule has 1 aromatic carbocycles. The van der Waals surface area contributed by atoms with Gasteiger partial charge >= 0.3 is 0 Å². The van der Waals surface area contributed by atoms with Gasteiger partial charge in [0.25, 0.3) is 0 Å². The molecular weight excluding hydrogens is 258 g/mol. The minimum absolute atomic E-state index is 0.359. The Labute approximate surface area is 120 Å². The van der Waals surface area contributed by atoms with Gasteiger partial charge in [-0.05, 0) is 69.2 Å². The van der Waals surface area contributed by atoms with E-state index in [1.54, 1.807) is 0 Å².